The van der Waals surface area contributed by atoms with Gasteiger partial charge in [0.05, 0.1) is 50.5 Å². The van der Waals surface area contributed by atoms with Crippen molar-refractivity contribution in [2.24, 2.45) is 10.9 Å². The van der Waals surface area contributed by atoms with Gasteiger partial charge in [-0.15, -0.1) is 0 Å². The van der Waals surface area contributed by atoms with Crippen LogP contribution in [0.4, 0.5) is 0 Å². The summed E-state index contributed by atoms with van der Waals surface area (Å²) in [5.74, 6) is -0.447. The number of allylic oxidation sites excluding steroid dienone is 1. The summed E-state index contributed by atoms with van der Waals surface area (Å²) in [4.78, 5) is 46.8. The minimum atomic E-state index is -0.525. The third-order valence-corrected chi connectivity index (χ3v) is 7.43. The first-order valence-electron chi connectivity index (χ1n) is 12.0. The van der Waals surface area contributed by atoms with E-state index >= 15 is 0 Å². The van der Waals surface area contributed by atoms with Gasteiger partial charge in [0.25, 0.3) is 0 Å². The fourth-order valence-corrected chi connectivity index (χ4v) is 5.75. The molecular weight excluding hydrogens is 482 g/mol. The number of fused-ring (bicyclic) bond motifs is 1. The highest BCUT2D eigenvalue weighted by molar-refractivity contribution is 8.16. The minimum Gasteiger partial charge on any atom is -0.497 e. The van der Waals surface area contributed by atoms with Crippen molar-refractivity contribution in [1.29, 1.82) is 0 Å². The van der Waals surface area contributed by atoms with Crippen molar-refractivity contribution in [3.8, 4) is 5.75 Å². The maximum Gasteiger partial charge on any atom is 0.338 e. The molecule has 2 atom stereocenters. The van der Waals surface area contributed by atoms with Crippen molar-refractivity contribution in [3.63, 3.8) is 0 Å². The summed E-state index contributed by atoms with van der Waals surface area (Å²) in [6.45, 7) is 4.85. The van der Waals surface area contributed by atoms with Gasteiger partial charge < -0.3 is 24.0 Å². The Morgan fingerprint density at radius 1 is 1.22 bits per heavy atom. The van der Waals surface area contributed by atoms with Crippen molar-refractivity contribution in [2.45, 2.75) is 39.2 Å². The Hall–Kier alpha value is -3.27. The van der Waals surface area contributed by atoms with Crippen LogP contribution in [0.1, 0.15) is 44.7 Å². The van der Waals surface area contributed by atoms with Crippen molar-refractivity contribution < 1.29 is 28.6 Å². The van der Waals surface area contributed by atoms with Crippen LogP contribution in [0.25, 0.3) is 0 Å². The zero-order valence-electron chi connectivity index (χ0n) is 21.0. The number of hydrogen-bond donors (Lipinski definition) is 0. The van der Waals surface area contributed by atoms with Crippen molar-refractivity contribution in [2.75, 3.05) is 33.9 Å². The van der Waals surface area contributed by atoms with E-state index < -0.39 is 12.0 Å². The van der Waals surface area contributed by atoms with Crippen molar-refractivity contribution in [3.05, 3.63) is 52.2 Å². The topological polar surface area (TPSA) is 97.7 Å². The summed E-state index contributed by atoms with van der Waals surface area (Å²) >= 11 is 1.42. The van der Waals surface area contributed by atoms with Gasteiger partial charge in [-0.05, 0) is 49.8 Å². The van der Waals surface area contributed by atoms with Gasteiger partial charge in [0.15, 0.2) is 5.17 Å². The second kappa shape index (κ2) is 11.2. The molecule has 4 rings (SSSR count). The Kier molecular flexibility index (Phi) is 8.03. The molecule has 0 spiro atoms. The second-order valence-corrected chi connectivity index (χ2v) is 9.61. The number of piperidine rings is 1. The van der Waals surface area contributed by atoms with Crippen LogP contribution in [0.3, 0.4) is 0 Å². The van der Waals surface area contributed by atoms with Crippen LogP contribution < -0.4 is 4.74 Å². The van der Waals surface area contributed by atoms with Gasteiger partial charge in [-0.1, -0.05) is 23.9 Å². The summed E-state index contributed by atoms with van der Waals surface area (Å²) in [5, 5.41) is 2.60. The predicted octanol–water partition coefficient (Wildman–Crippen LogP) is 3.63. The van der Waals surface area contributed by atoms with Gasteiger partial charge in [0.1, 0.15) is 5.75 Å². The smallest absolute Gasteiger partial charge is 0.338 e. The fourth-order valence-electron chi connectivity index (χ4n) is 4.79. The lowest BCUT2D eigenvalue weighted by Crippen LogP contribution is -2.44. The van der Waals surface area contributed by atoms with Gasteiger partial charge in [-0.2, -0.15) is 0 Å². The molecule has 10 heteroatoms. The molecule has 3 heterocycles. The molecule has 0 radical (unpaired) electrons. The molecule has 1 fully saturated rings. The van der Waals surface area contributed by atoms with E-state index in [-0.39, 0.29) is 24.2 Å². The summed E-state index contributed by atoms with van der Waals surface area (Å²) in [6, 6.07) is 6.97. The molecule has 0 aromatic heterocycles. The van der Waals surface area contributed by atoms with E-state index in [1.54, 1.807) is 25.9 Å². The maximum atomic E-state index is 13.4. The molecule has 0 aliphatic carbocycles. The van der Waals surface area contributed by atoms with Gasteiger partial charge in [0.2, 0.25) is 5.91 Å². The first kappa shape index (κ1) is 25.8. The number of hydrogen-bond acceptors (Lipinski definition) is 9. The minimum absolute atomic E-state index is 0.0765. The zero-order chi connectivity index (χ0) is 25.8. The number of ether oxygens (including phenoxy) is 3. The molecule has 1 saturated heterocycles. The van der Waals surface area contributed by atoms with E-state index in [2.05, 4.69) is 4.99 Å². The number of benzene rings is 1. The Balaban J connectivity index is 1.61. The molecule has 36 heavy (non-hydrogen) atoms. The van der Waals surface area contributed by atoms with E-state index in [1.807, 2.05) is 34.6 Å². The van der Waals surface area contributed by atoms with E-state index in [0.29, 0.717) is 48.3 Å². The number of nitrogens with zero attached hydrogens (tertiary/aromatic N) is 3. The lowest BCUT2D eigenvalue weighted by molar-refractivity contribution is -0.151. The monoisotopic (exact) mass is 513 g/mol. The molecule has 0 saturated carbocycles. The van der Waals surface area contributed by atoms with E-state index in [1.165, 1.54) is 18.9 Å². The number of esters is 2. The Morgan fingerprint density at radius 2 is 2.03 bits per heavy atom. The SMILES string of the molecule is CCOC(=O)[C@H]1CCCN(C(=O)CC2=CSC3=NC(C)=C(C(=O)OC)[C@H](c4cccc(OC)c4)N23)C1. The molecule has 0 unspecified atom stereocenters. The summed E-state index contributed by atoms with van der Waals surface area (Å²) in [5.41, 5.74) is 2.55. The van der Waals surface area contributed by atoms with Crippen LogP contribution in [0, 0.1) is 5.92 Å². The highest BCUT2D eigenvalue weighted by atomic mass is 32.2. The van der Waals surface area contributed by atoms with E-state index in [4.69, 9.17) is 14.2 Å². The third kappa shape index (κ3) is 5.13. The van der Waals surface area contributed by atoms with Crippen LogP contribution in [0.15, 0.2) is 51.6 Å². The van der Waals surface area contributed by atoms with Gasteiger partial charge in [-0.3, -0.25) is 9.59 Å². The molecule has 1 aromatic rings. The number of likely N-dealkylation sites (tertiary alicyclic amines) is 1. The fraction of sp³-hybridized carbons (Fsp3) is 0.462. The van der Waals surface area contributed by atoms with Crippen LogP contribution in [0.5, 0.6) is 5.75 Å². The number of methoxy groups -OCH3 is 2. The molecule has 1 amide bonds. The Labute approximate surface area is 215 Å². The van der Waals surface area contributed by atoms with Gasteiger partial charge >= 0.3 is 11.9 Å². The molecule has 0 bridgehead atoms. The number of rotatable bonds is 7. The van der Waals surface area contributed by atoms with Gasteiger partial charge in [0, 0.05) is 18.8 Å². The maximum absolute atomic E-state index is 13.4. The first-order valence-corrected chi connectivity index (χ1v) is 12.9. The van der Waals surface area contributed by atoms with Gasteiger partial charge in [-0.25, -0.2) is 9.79 Å². The Bertz CT molecular complexity index is 1140. The number of amidine groups is 1. The molecule has 3 aliphatic rings. The number of thioether (sulfide) groups is 1. The number of aliphatic imine (C=N–C) groups is 1. The summed E-state index contributed by atoms with van der Waals surface area (Å²) < 4.78 is 15.7. The van der Waals surface area contributed by atoms with Crippen LogP contribution in [-0.2, 0) is 23.9 Å². The normalized spacial score (nSPS) is 21.4. The molecule has 9 nitrogen and oxygen atoms in total. The highest BCUT2D eigenvalue weighted by Gasteiger charge is 2.41. The largest absolute Gasteiger partial charge is 0.497 e. The molecule has 1 aromatic carbocycles. The predicted molar refractivity (Wildman–Crippen MR) is 136 cm³/mol. The van der Waals surface area contributed by atoms with Crippen molar-refractivity contribution >= 4 is 34.8 Å². The first-order chi connectivity index (χ1) is 17.4. The highest BCUT2D eigenvalue weighted by Crippen LogP contribution is 2.45. The lowest BCUT2D eigenvalue weighted by atomic mass is 9.93. The average molecular weight is 514 g/mol. The van der Waals surface area contributed by atoms with Crippen LogP contribution >= 0.6 is 11.8 Å². The average Bonchev–Trinajstić information content (AvgIpc) is 3.29. The summed E-state index contributed by atoms with van der Waals surface area (Å²) in [6.07, 6.45) is 1.59. The lowest BCUT2D eigenvalue weighted by Gasteiger charge is -2.37. The van der Waals surface area contributed by atoms with Crippen LogP contribution in [-0.4, -0.2) is 66.7 Å². The quantitative estimate of drug-likeness (QED) is 0.510. The second-order valence-electron chi connectivity index (χ2n) is 8.77. The number of carbonyl (C=O) groups is 3. The number of amides is 1. The molecular formula is C26H31N3O6S. The molecule has 3 aliphatic heterocycles. The van der Waals surface area contributed by atoms with E-state index in [9.17, 15) is 14.4 Å². The molecule has 0 N–H and O–H groups in total. The Morgan fingerprint density at radius 3 is 2.75 bits per heavy atom. The van der Waals surface area contributed by atoms with Crippen molar-refractivity contribution in [1.82, 2.24) is 9.80 Å². The van der Waals surface area contributed by atoms with Crippen LogP contribution in [0.2, 0.25) is 0 Å². The standard InChI is InChI=1S/C26H31N3O6S/c1-5-35-24(31)18-9-7-11-28(14-18)21(30)13-19-15-36-26-27-16(2)22(25(32)34-4)23(29(19)26)17-8-6-10-20(12-17)33-3/h6,8,10,12,15,18,23H,5,7,9,11,13-14H2,1-4H3/t18-,23-/m0/s1. The zero-order valence-corrected chi connectivity index (χ0v) is 21.8. The number of carbonyl (C=O) groups excluding carboxylic acids is 3. The third-order valence-electron chi connectivity index (χ3n) is 6.54. The summed E-state index contributed by atoms with van der Waals surface area (Å²) in [7, 11) is 2.94. The molecule has 192 valence electrons. The van der Waals surface area contributed by atoms with E-state index in [0.717, 1.165) is 17.7 Å².